The zero-order chi connectivity index (χ0) is 19.3. The van der Waals surface area contributed by atoms with Crippen molar-refractivity contribution in [2.75, 3.05) is 18.9 Å². The van der Waals surface area contributed by atoms with Gasteiger partial charge in [0, 0.05) is 17.8 Å². The van der Waals surface area contributed by atoms with Crippen LogP contribution in [0.3, 0.4) is 0 Å². The first-order chi connectivity index (χ1) is 13.0. The summed E-state index contributed by atoms with van der Waals surface area (Å²) < 4.78 is 10.9. The normalized spacial score (nSPS) is 20.2. The lowest BCUT2D eigenvalue weighted by atomic mass is 9.74. The summed E-state index contributed by atoms with van der Waals surface area (Å²) in [6.45, 7) is 7.63. The van der Waals surface area contributed by atoms with Gasteiger partial charge in [0.15, 0.2) is 11.2 Å². The van der Waals surface area contributed by atoms with Crippen LogP contribution in [0.1, 0.15) is 25.1 Å². The largest absolute Gasteiger partial charge is 0.463 e. The Morgan fingerprint density at radius 1 is 1.44 bits per heavy atom. The highest BCUT2D eigenvalue weighted by molar-refractivity contribution is 6.14. The van der Waals surface area contributed by atoms with Crippen LogP contribution in [0.4, 0.5) is 6.01 Å². The second kappa shape index (κ2) is 5.84. The number of nitrogen functional groups attached to an aromatic ring is 1. The minimum absolute atomic E-state index is 0.0512. The number of esters is 1. The van der Waals surface area contributed by atoms with Gasteiger partial charge in [0.05, 0.1) is 12.2 Å². The number of carbonyl (C=O) groups excluding carboxylic acids is 2. The first-order valence-electron chi connectivity index (χ1n) is 8.66. The van der Waals surface area contributed by atoms with Gasteiger partial charge in [-0.05, 0) is 19.4 Å². The third kappa shape index (κ3) is 1.99. The fourth-order valence-electron chi connectivity index (χ4n) is 4.10. The number of allylic oxidation sites excluding steroid dienone is 1. The number of hydrogen-bond acceptors (Lipinski definition) is 6. The van der Waals surface area contributed by atoms with Gasteiger partial charge in [-0.3, -0.25) is 4.79 Å². The molecule has 0 radical (unpaired) electrons. The summed E-state index contributed by atoms with van der Waals surface area (Å²) >= 11 is 0. The van der Waals surface area contributed by atoms with Crippen molar-refractivity contribution in [2.45, 2.75) is 19.3 Å². The van der Waals surface area contributed by atoms with Crippen molar-refractivity contribution in [1.29, 1.82) is 0 Å². The van der Waals surface area contributed by atoms with E-state index in [9.17, 15) is 9.59 Å². The van der Waals surface area contributed by atoms with Crippen molar-refractivity contribution in [3.8, 4) is 11.3 Å². The Balaban J connectivity index is 2.09. The average molecular weight is 365 g/mol. The van der Waals surface area contributed by atoms with E-state index in [4.69, 9.17) is 14.9 Å². The van der Waals surface area contributed by atoms with Crippen molar-refractivity contribution in [3.05, 3.63) is 59.4 Å². The molecule has 2 aromatic rings. The highest BCUT2D eigenvalue weighted by Gasteiger charge is 2.63. The number of anilines is 1. The maximum Gasteiger partial charge on any atom is 0.337 e. The Kier molecular flexibility index (Phi) is 3.69. The maximum absolute atomic E-state index is 13.7. The van der Waals surface area contributed by atoms with E-state index < -0.39 is 11.4 Å². The molecular weight excluding hydrogens is 346 g/mol. The number of hydrogen-bond donors (Lipinski definition) is 1. The van der Waals surface area contributed by atoms with Gasteiger partial charge in [-0.15, -0.1) is 6.58 Å². The molecule has 1 atom stereocenters. The van der Waals surface area contributed by atoms with E-state index in [0.29, 0.717) is 28.3 Å². The predicted octanol–water partition coefficient (Wildman–Crippen LogP) is 2.39. The summed E-state index contributed by atoms with van der Waals surface area (Å²) in [6.07, 6.45) is 1.61. The number of rotatable bonds is 4. The monoisotopic (exact) mass is 365 g/mol. The number of nitrogens with zero attached hydrogens (tertiary/aromatic N) is 2. The first kappa shape index (κ1) is 17.1. The summed E-state index contributed by atoms with van der Waals surface area (Å²) in [5, 5.41) is 0. The summed E-state index contributed by atoms with van der Waals surface area (Å²) in [4.78, 5) is 32.5. The quantitative estimate of drug-likeness (QED) is 0.660. The summed E-state index contributed by atoms with van der Waals surface area (Å²) in [5.41, 5.74) is 6.81. The lowest BCUT2D eigenvalue weighted by Gasteiger charge is -2.26. The molecular formula is C20H19N3O4. The Hall–Kier alpha value is -3.35. The van der Waals surface area contributed by atoms with Crippen molar-refractivity contribution < 1.29 is 18.7 Å². The van der Waals surface area contributed by atoms with Gasteiger partial charge in [-0.25, -0.2) is 4.79 Å². The molecule has 1 aromatic heterocycles. The third-order valence-corrected chi connectivity index (χ3v) is 5.07. The van der Waals surface area contributed by atoms with Gasteiger partial charge >= 0.3 is 5.97 Å². The third-order valence-electron chi connectivity index (χ3n) is 5.07. The highest BCUT2D eigenvalue weighted by Crippen LogP contribution is 2.57. The minimum Gasteiger partial charge on any atom is -0.463 e. The molecule has 7 heteroatoms. The van der Waals surface area contributed by atoms with Gasteiger partial charge in [0.2, 0.25) is 5.91 Å². The van der Waals surface area contributed by atoms with Crippen molar-refractivity contribution >= 4 is 17.9 Å². The average Bonchev–Trinajstić information content (AvgIpc) is 3.22. The van der Waals surface area contributed by atoms with E-state index in [1.54, 1.807) is 19.9 Å². The zero-order valence-corrected chi connectivity index (χ0v) is 15.1. The number of oxazole rings is 1. The van der Waals surface area contributed by atoms with Crippen LogP contribution in [-0.2, 0) is 19.7 Å². The molecule has 2 heterocycles. The van der Waals surface area contributed by atoms with Crippen LogP contribution in [0.5, 0.6) is 0 Å². The van der Waals surface area contributed by atoms with Crippen LogP contribution in [0.15, 0.2) is 52.6 Å². The molecule has 1 aromatic carbocycles. The van der Waals surface area contributed by atoms with E-state index >= 15 is 0 Å². The molecule has 2 N–H and O–H groups in total. The van der Waals surface area contributed by atoms with Gasteiger partial charge in [0.1, 0.15) is 5.69 Å². The molecule has 0 bridgehead atoms. The SMILES string of the molecule is C=CCN1C(=O)C2(C(C(=O)OCC)=C1C)c1ccccc1-c1oc(N)nc12. The van der Waals surface area contributed by atoms with E-state index in [-0.39, 0.29) is 30.6 Å². The molecule has 0 saturated heterocycles. The molecule has 1 aliphatic heterocycles. The summed E-state index contributed by atoms with van der Waals surface area (Å²) in [6, 6.07) is 7.24. The van der Waals surface area contributed by atoms with E-state index in [1.807, 2.05) is 24.3 Å². The Labute approximate surface area is 156 Å². The molecule has 1 amide bonds. The van der Waals surface area contributed by atoms with Crippen LogP contribution in [0.25, 0.3) is 11.3 Å². The number of benzene rings is 1. The molecule has 27 heavy (non-hydrogen) atoms. The van der Waals surface area contributed by atoms with Crippen LogP contribution >= 0.6 is 0 Å². The number of amides is 1. The van der Waals surface area contributed by atoms with Crippen LogP contribution in [0, 0.1) is 0 Å². The number of aromatic nitrogens is 1. The molecule has 1 unspecified atom stereocenters. The van der Waals surface area contributed by atoms with Crippen molar-refractivity contribution in [1.82, 2.24) is 9.88 Å². The lowest BCUT2D eigenvalue weighted by molar-refractivity contribution is -0.140. The van der Waals surface area contributed by atoms with Gasteiger partial charge < -0.3 is 19.8 Å². The number of fused-ring (bicyclic) bond motifs is 5. The summed E-state index contributed by atoms with van der Waals surface area (Å²) in [7, 11) is 0. The second-order valence-electron chi connectivity index (χ2n) is 6.41. The lowest BCUT2D eigenvalue weighted by Crippen LogP contribution is -2.42. The molecule has 0 fully saturated rings. The highest BCUT2D eigenvalue weighted by atomic mass is 16.5. The predicted molar refractivity (Wildman–Crippen MR) is 98.4 cm³/mol. The zero-order valence-electron chi connectivity index (χ0n) is 15.1. The van der Waals surface area contributed by atoms with E-state index in [1.165, 1.54) is 4.90 Å². The first-order valence-corrected chi connectivity index (χ1v) is 8.66. The molecule has 1 spiro atoms. The fraction of sp³-hybridized carbons (Fsp3) is 0.250. The molecule has 0 saturated carbocycles. The van der Waals surface area contributed by atoms with Crippen LogP contribution in [0.2, 0.25) is 0 Å². The van der Waals surface area contributed by atoms with E-state index in [2.05, 4.69) is 11.6 Å². The Bertz CT molecular complexity index is 1020. The van der Waals surface area contributed by atoms with Gasteiger partial charge in [-0.1, -0.05) is 30.3 Å². The number of ether oxygens (including phenoxy) is 1. The Morgan fingerprint density at radius 3 is 2.89 bits per heavy atom. The standard InChI is InChI=1S/C20H19N3O4/c1-4-10-23-11(3)14(17(24)26-5-2)20(18(23)25)13-9-7-6-8-12(13)15-16(20)22-19(21)27-15/h4,6-9H,1,5,10H2,2-3H3,(H2,21,22). The fourth-order valence-corrected chi connectivity index (χ4v) is 4.10. The topological polar surface area (TPSA) is 98.7 Å². The summed E-state index contributed by atoms with van der Waals surface area (Å²) in [5.74, 6) is -0.437. The molecule has 2 aliphatic rings. The Morgan fingerprint density at radius 2 is 2.19 bits per heavy atom. The van der Waals surface area contributed by atoms with E-state index in [0.717, 1.165) is 0 Å². The van der Waals surface area contributed by atoms with Crippen molar-refractivity contribution in [2.24, 2.45) is 0 Å². The van der Waals surface area contributed by atoms with Gasteiger partial charge in [0.25, 0.3) is 6.01 Å². The maximum atomic E-state index is 13.7. The molecule has 4 rings (SSSR count). The van der Waals surface area contributed by atoms with Gasteiger partial charge in [-0.2, -0.15) is 4.98 Å². The number of nitrogens with two attached hydrogens (primary N) is 1. The second-order valence-corrected chi connectivity index (χ2v) is 6.41. The molecule has 7 nitrogen and oxygen atoms in total. The van der Waals surface area contributed by atoms with Crippen molar-refractivity contribution in [3.63, 3.8) is 0 Å². The number of carbonyl (C=O) groups is 2. The minimum atomic E-state index is -1.42. The molecule has 1 aliphatic carbocycles. The smallest absolute Gasteiger partial charge is 0.337 e. The van der Waals surface area contributed by atoms with Crippen LogP contribution in [-0.4, -0.2) is 34.9 Å². The van der Waals surface area contributed by atoms with Crippen LogP contribution < -0.4 is 5.73 Å². The molecule has 138 valence electrons.